The molecule has 5 nitrogen and oxygen atoms in total. The molecule has 0 bridgehead atoms. The highest BCUT2D eigenvalue weighted by atomic mass is 127. The molecule has 1 aliphatic rings. The fourth-order valence-corrected chi connectivity index (χ4v) is 2.99. The highest BCUT2D eigenvalue weighted by Crippen LogP contribution is 2.48. The Labute approximate surface area is 180 Å². The molecule has 2 aromatic carbocycles. The zero-order valence-corrected chi connectivity index (χ0v) is 17.8. The standard InChI is InChI=1S/C20H22F2N4O.HI/c1-23-19(24-12-18(27)26-15-6-4-5-14(21)11-15)25-13-20(9-10-20)16-7-2-3-8-17(16)22;/h2-8,11H,9-10,12-13H2,1H3,(H,26,27)(H2,23,24,25);1H. The molecule has 28 heavy (non-hydrogen) atoms. The number of guanidine groups is 1. The summed E-state index contributed by atoms with van der Waals surface area (Å²) >= 11 is 0. The molecule has 1 fully saturated rings. The molecule has 0 spiro atoms. The van der Waals surface area contributed by atoms with Gasteiger partial charge in [0.1, 0.15) is 11.6 Å². The highest BCUT2D eigenvalue weighted by molar-refractivity contribution is 14.0. The van der Waals surface area contributed by atoms with Gasteiger partial charge in [-0.1, -0.05) is 24.3 Å². The molecule has 1 amide bonds. The number of hydrogen-bond donors (Lipinski definition) is 3. The van der Waals surface area contributed by atoms with Crippen LogP contribution in [0.1, 0.15) is 18.4 Å². The average molecular weight is 500 g/mol. The van der Waals surface area contributed by atoms with E-state index in [2.05, 4.69) is 20.9 Å². The maximum absolute atomic E-state index is 14.1. The van der Waals surface area contributed by atoms with Gasteiger partial charge in [-0.3, -0.25) is 9.79 Å². The number of carbonyl (C=O) groups excluding carboxylic acids is 1. The van der Waals surface area contributed by atoms with Gasteiger partial charge in [-0.2, -0.15) is 0 Å². The van der Waals surface area contributed by atoms with E-state index in [4.69, 9.17) is 0 Å². The predicted octanol–water partition coefficient (Wildman–Crippen LogP) is 3.42. The summed E-state index contributed by atoms with van der Waals surface area (Å²) in [7, 11) is 1.60. The van der Waals surface area contributed by atoms with Gasteiger partial charge in [0.05, 0.1) is 6.54 Å². The monoisotopic (exact) mass is 500 g/mol. The van der Waals surface area contributed by atoms with Crippen molar-refractivity contribution >= 4 is 41.5 Å². The summed E-state index contributed by atoms with van der Waals surface area (Å²) in [5.74, 6) is -0.485. The van der Waals surface area contributed by atoms with Crippen LogP contribution < -0.4 is 16.0 Å². The number of carbonyl (C=O) groups is 1. The summed E-state index contributed by atoms with van der Waals surface area (Å²) in [6.45, 7) is 0.502. The lowest BCUT2D eigenvalue weighted by Crippen LogP contribution is -2.44. The lowest BCUT2D eigenvalue weighted by Gasteiger charge is -2.19. The van der Waals surface area contributed by atoms with Crippen molar-refractivity contribution in [2.24, 2.45) is 4.99 Å². The van der Waals surface area contributed by atoms with E-state index < -0.39 is 5.82 Å². The minimum atomic E-state index is -0.416. The van der Waals surface area contributed by atoms with E-state index in [1.807, 2.05) is 12.1 Å². The largest absolute Gasteiger partial charge is 0.356 e. The Kier molecular flexibility index (Phi) is 7.73. The van der Waals surface area contributed by atoms with Crippen LogP contribution in [-0.4, -0.2) is 32.0 Å². The summed E-state index contributed by atoms with van der Waals surface area (Å²) in [6.07, 6.45) is 1.80. The fraction of sp³-hybridized carbons (Fsp3) is 0.300. The number of anilines is 1. The van der Waals surface area contributed by atoms with Crippen LogP contribution in [0.5, 0.6) is 0 Å². The van der Waals surface area contributed by atoms with Crippen LogP contribution in [0.15, 0.2) is 53.5 Å². The van der Waals surface area contributed by atoms with Crippen LogP contribution in [-0.2, 0) is 10.2 Å². The Morgan fingerprint density at radius 1 is 1.11 bits per heavy atom. The lowest BCUT2D eigenvalue weighted by atomic mass is 9.95. The number of nitrogens with zero attached hydrogens (tertiary/aromatic N) is 1. The van der Waals surface area contributed by atoms with Crippen LogP contribution in [0.4, 0.5) is 14.5 Å². The molecule has 0 aliphatic heterocycles. The number of rotatable bonds is 6. The Morgan fingerprint density at radius 2 is 1.86 bits per heavy atom. The number of hydrogen-bond acceptors (Lipinski definition) is 2. The summed E-state index contributed by atoms with van der Waals surface area (Å²) in [5.41, 5.74) is 0.866. The van der Waals surface area contributed by atoms with E-state index in [0.29, 0.717) is 23.8 Å². The van der Waals surface area contributed by atoms with E-state index in [-0.39, 0.29) is 47.7 Å². The first-order valence-corrected chi connectivity index (χ1v) is 8.77. The van der Waals surface area contributed by atoms with Crippen LogP contribution in [0.2, 0.25) is 0 Å². The topological polar surface area (TPSA) is 65.5 Å². The van der Waals surface area contributed by atoms with Crippen molar-refractivity contribution in [3.05, 3.63) is 65.7 Å². The molecule has 0 radical (unpaired) electrons. The fourth-order valence-electron chi connectivity index (χ4n) is 2.99. The maximum atomic E-state index is 14.1. The van der Waals surface area contributed by atoms with Crippen molar-refractivity contribution in [1.29, 1.82) is 0 Å². The lowest BCUT2D eigenvalue weighted by molar-refractivity contribution is -0.115. The van der Waals surface area contributed by atoms with E-state index in [1.165, 1.54) is 24.3 Å². The zero-order valence-electron chi connectivity index (χ0n) is 15.5. The van der Waals surface area contributed by atoms with E-state index >= 15 is 0 Å². The Hall–Kier alpha value is -2.23. The molecule has 2 aromatic rings. The molecular weight excluding hydrogens is 477 g/mol. The third kappa shape index (κ3) is 5.63. The molecule has 0 unspecified atom stereocenters. The van der Waals surface area contributed by atoms with Crippen molar-refractivity contribution in [2.45, 2.75) is 18.3 Å². The number of amides is 1. The second-order valence-corrected chi connectivity index (χ2v) is 6.60. The van der Waals surface area contributed by atoms with Crippen LogP contribution in [0.25, 0.3) is 0 Å². The van der Waals surface area contributed by atoms with E-state index in [9.17, 15) is 13.6 Å². The number of nitrogens with one attached hydrogen (secondary N) is 3. The van der Waals surface area contributed by atoms with Crippen molar-refractivity contribution in [3.63, 3.8) is 0 Å². The summed E-state index contributed by atoms with van der Waals surface area (Å²) < 4.78 is 27.2. The highest BCUT2D eigenvalue weighted by Gasteiger charge is 2.45. The molecular formula is C20H23F2IN4O. The van der Waals surface area contributed by atoms with Crippen molar-refractivity contribution < 1.29 is 13.6 Å². The van der Waals surface area contributed by atoms with E-state index in [1.54, 1.807) is 19.2 Å². The third-order valence-electron chi connectivity index (χ3n) is 4.64. The second kappa shape index (κ2) is 9.81. The predicted molar refractivity (Wildman–Crippen MR) is 117 cm³/mol. The summed E-state index contributed by atoms with van der Waals surface area (Å²) in [5, 5.41) is 8.67. The molecule has 1 aliphatic carbocycles. The van der Waals surface area contributed by atoms with Crippen LogP contribution in [0, 0.1) is 11.6 Å². The number of aliphatic imine (C=N–C) groups is 1. The molecule has 8 heteroatoms. The first-order valence-electron chi connectivity index (χ1n) is 8.77. The van der Waals surface area contributed by atoms with Gasteiger partial charge in [0.2, 0.25) is 5.91 Å². The number of benzene rings is 2. The summed E-state index contributed by atoms with van der Waals surface area (Å²) in [6, 6.07) is 12.5. The zero-order chi connectivity index (χ0) is 19.3. The van der Waals surface area contributed by atoms with Crippen molar-refractivity contribution in [2.75, 3.05) is 25.5 Å². The van der Waals surface area contributed by atoms with Gasteiger partial charge in [0, 0.05) is 24.7 Å². The number of halogens is 3. The second-order valence-electron chi connectivity index (χ2n) is 6.60. The molecule has 3 N–H and O–H groups in total. The normalized spacial score (nSPS) is 14.6. The van der Waals surface area contributed by atoms with Gasteiger partial charge in [-0.05, 0) is 42.7 Å². The third-order valence-corrected chi connectivity index (χ3v) is 4.64. The molecule has 0 aromatic heterocycles. The minimum absolute atomic E-state index is 0. The SMILES string of the molecule is CN=C(NCC(=O)Nc1cccc(F)c1)NCC1(c2ccccc2F)CC1.I. The molecule has 0 atom stereocenters. The maximum Gasteiger partial charge on any atom is 0.243 e. The quantitative estimate of drug-likeness (QED) is 0.324. The minimum Gasteiger partial charge on any atom is -0.356 e. The Balaban J connectivity index is 0.00000280. The van der Waals surface area contributed by atoms with Gasteiger partial charge in [0.15, 0.2) is 5.96 Å². The molecule has 0 heterocycles. The molecule has 0 saturated heterocycles. The van der Waals surface area contributed by atoms with Gasteiger partial charge in [0.25, 0.3) is 0 Å². The van der Waals surface area contributed by atoms with Crippen molar-refractivity contribution in [3.8, 4) is 0 Å². The van der Waals surface area contributed by atoms with Crippen LogP contribution >= 0.6 is 24.0 Å². The average Bonchev–Trinajstić information content (AvgIpc) is 3.43. The van der Waals surface area contributed by atoms with E-state index in [0.717, 1.165) is 12.8 Å². The summed E-state index contributed by atoms with van der Waals surface area (Å²) in [4.78, 5) is 16.1. The Morgan fingerprint density at radius 3 is 2.50 bits per heavy atom. The first-order chi connectivity index (χ1) is 13.0. The van der Waals surface area contributed by atoms with Crippen molar-refractivity contribution in [1.82, 2.24) is 10.6 Å². The Bertz CT molecular complexity index is 856. The molecule has 1 saturated carbocycles. The van der Waals surface area contributed by atoms with Gasteiger partial charge >= 0.3 is 0 Å². The van der Waals surface area contributed by atoms with Gasteiger partial charge in [-0.25, -0.2) is 8.78 Å². The smallest absolute Gasteiger partial charge is 0.243 e. The molecule has 3 rings (SSSR count). The first kappa shape index (κ1) is 22.1. The molecule has 150 valence electrons. The van der Waals surface area contributed by atoms with Crippen LogP contribution in [0.3, 0.4) is 0 Å². The van der Waals surface area contributed by atoms with Gasteiger partial charge < -0.3 is 16.0 Å². The van der Waals surface area contributed by atoms with Gasteiger partial charge in [-0.15, -0.1) is 24.0 Å².